The van der Waals surface area contributed by atoms with E-state index < -0.39 is 17.5 Å². The van der Waals surface area contributed by atoms with E-state index in [1.165, 1.54) is 28.8 Å². The smallest absolute Gasteiger partial charge is 0.419 e. The van der Waals surface area contributed by atoms with Gasteiger partial charge in [-0.15, -0.1) is 0 Å². The molecule has 0 saturated heterocycles. The molecule has 9 heteroatoms. The third-order valence-electron chi connectivity index (χ3n) is 3.65. The second-order valence-corrected chi connectivity index (χ2v) is 7.93. The summed E-state index contributed by atoms with van der Waals surface area (Å²) >= 11 is 1.40. The van der Waals surface area contributed by atoms with Crippen molar-refractivity contribution in [2.45, 2.75) is 31.5 Å². The quantitative estimate of drug-likeness (QED) is 0.387. The van der Waals surface area contributed by atoms with E-state index in [-0.39, 0.29) is 5.88 Å². The molecule has 1 aromatic carbocycles. The highest BCUT2D eigenvalue weighted by molar-refractivity contribution is 7.98. The van der Waals surface area contributed by atoms with Crippen LogP contribution in [0.4, 0.5) is 20.6 Å². The topological polar surface area (TPSA) is 77.4 Å². The zero-order chi connectivity index (χ0) is 21.7. The number of halogens is 1. The molecule has 7 nitrogen and oxygen atoms in total. The average molecular weight is 428 g/mol. The number of carbonyl (C=O) groups excluding carboxylic acids is 1. The van der Waals surface area contributed by atoms with Gasteiger partial charge in [0.1, 0.15) is 17.2 Å². The number of carbonyl (C=O) groups is 1. The molecule has 0 aliphatic carbocycles. The van der Waals surface area contributed by atoms with Gasteiger partial charge in [0.05, 0.1) is 30.0 Å². The maximum absolute atomic E-state index is 13.0. The molecule has 2 aromatic heterocycles. The van der Waals surface area contributed by atoms with Crippen LogP contribution in [-0.2, 0) is 4.74 Å². The van der Waals surface area contributed by atoms with Crippen molar-refractivity contribution in [1.29, 1.82) is 0 Å². The summed E-state index contributed by atoms with van der Waals surface area (Å²) in [7, 11) is 0. The van der Waals surface area contributed by atoms with Crippen LogP contribution in [0.3, 0.4) is 0 Å². The normalized spacial score (nSPS) is 11.1. The Morgan fingerprint density at radius 2 is 1.63 bits per heavy atom. The summed E-state index contributed by atoms with van der Waals surface area (Å²) in [5.74, 6) is 0.297. The van der Waals surface area contributed by atoms with Crippen molar-refractivity contribution in [3.05, 3.63) is 60.8 Å². The number of pyridine rings is 1. The molecule has 0 aliphatic rings. The zero-order valence-corrected chi connectivity index (χ0v) is 17.8. The number of nitrogens with zero attached hydrogens (tertiary/aromatic N) is 4. The van der Waals surface area contributed by atoms with Gasteiger partial charge >= 0.3 is 6.09 Å². The molecular weight excluding hydrogens is 407 g/mol. The van der Waals surface area contributed by atoms with E-state index in [0.717, 1.165) is 6.20 Å². The van der Waals surface area contributed by atoms with E-state index in [2.05, 4.69) is 15.0 Å². The van der Waals surface area contributed by atoms with Crippen molar-refractivity contribution in [2.24, 2.45) is 0 Å². The van der Waals surface area contributed by atoms with Gasteiger partial charge in [0.15, 0.2) is 5.16 Å². The lowest BCUT2D eigenvalue weighted by atomic mass is 10.2. The van der Waals surface area contributed by atoms with E-state index in [0.29, 0.717) is 22.3 Å². The van der Waals surface area contributed by atoms with Crippen LogP contribution in [0.2, 0.25) is 0 Å². The van der Waals surface area contributed by atoms with Crippen molar-refractivity contribution < 1.29 is 18.7 Å². The highest BCUT2D eigenvalue weighted by atomic mass is 32.2. The Balaban J connectivity index is 1.88. The van der Waals surface area contributed by atoms with Gasteiger partial charge in [-0.2, -0.15) is 0 Å². The summed E-state index contributed by atoms with van der Waals surface area (Å²) < 4.78 is 24.1. The second-order valence-electron chi connectivity index (χ2n) is 7.15. The molecule has 0 unspecified atom stereocenters. The fraction of sp³-hybridized carbons (Fsp3) is 0.238. The lowest BCUT2D eigenvalue weighted by Crippen LogP contribution is -2.34. The standard InChI is InChI=1S/C21H21FN4O3S/c1-21(2,3)29-20(27)26(16-12-24-19(30-4)25-13-16)15-6-8-17(9-7-15)28-18-10-5-14(22)11-23-18/h5-13H,1-4H3. The van der Waals surface area contributed by atoms with E-state index >= 15 is 0 Å². The maximum atomic E-state index is 13.0. The molecule has 0 spiro atoms. The molecule has 2 heterocycles. The van der Waals surface area contributed by atoms with Gasteiger partial charge in [-0.25, -0.2) is 29.0 Å². The molecule has 0 saturated carbocycles. The van der Waals surface area contributed by atoms with Crippen LogP contribution in [0.5, 0.6) is 11.6 Å². The third kappa shape index (κ3) is 5.66. The summed E-state index contributed by atoms with van der Waals surface area (Å²) in [4.78, 5) is 26.6. The molecular formula is C21H21FN4O3S. The first-order valence-corrected chi connectivity index (χ1v) is 10.3. The Labute approximate surface area is 178 Å². The van der Waals surface area contributed by atoms with Crippen LogP contribution >= 0.6 is 11.8 Å². The molecule has 0 fully saturated rings. The predicted molar refractivity (Wildman–Crippen MR) is 113 cm³/mol. The molecule has 0 N–H and O–H groups in total. The van der Waals surface area contributed by atoms with E-state index in [9.17, 15) is 9.18 Å². The largest absolute Gasteiger partial charge is 0.443 e. The van der Waals surface area contributed by atoms with Crippen LogP contribution in [-0.4, -0.2) is 32.9 Å². The lowest BCUT2D eigenvalue weighted by molar-refractivity contribution is 0.0599. The van der Waals surface area contributed by atoms with Gasteiger partial charge in [0, 0.05) is 6.07 Å². The van der Waals surface area contributed by atoms with Crippen LogP contribution in [0.25, 0.3) is 0 Å². The number of anilines is 2. The highest BCUT2D eigenvalue weighted by Crippen LogP contribution is 2.30. The number of hydrogen-bond donors (Lipinski definition) is 0. The Hall–Kier alpha value is -3.20. The monoisotopic (exact) mass is 428 g/mol. The van der Waals surface area contributed by atoms with Crippen molar-refractivity contribution in [1.82, 2.24) is 15.0 Å². The Morgan fingerprint density at radius 3 is 2.17 bits per heavy atom. The summed E-state index contributed by atoms with van der Waals surface area (Å²) in [5.41, 5.74) is 0.340. The number of benzene rings is 1. The summed E-state index contributed by atoms with van der Waals surface area (Å²) in [6, 6.07) is 9.44. The molecule has 0 aliphatic heterocycles. The molecule has 30 heavy (non-hydrogen) atoms. The molecule has 0 radical (unpaired) electrons. The molecule has 0 bridgehead atoms. The number of rotatable bonds is 5. The van der Waals surface area contributed by atoms with Crippen molar-refractivity contribution in [3.63, 3.8) is 0 Å². The number of ether oxygens (including phenoxy) is 2. The Bertz CT molecular complexity index is 991. The molecule has 156 valence electrons. The Kier molecular flexibility index (Phi) is 6.51. The van der Waals surface area contributed by atoms with E-state index in [4.69, 9.17) is 9.47 Å². The SMILES string of the molecule is CSc1ncc(N(C(=O)OC(C)(C)C)c2ccc(Oc3ccc(F)cn3)cc2)cn1. The van der Waals surface area contributed by atoms with Crippen LogP contribution < -0.4 is 9.64 Å². The highest BCUT2D eigenvalue weighted by Gasteiger charge is 2.25. The first kappa shape index (κ1) is 21.5. The summed E-state index contributed by atoms with van der Waals surface area (Å²) in [5, 5.41) is 0.596. The fourth-order valence-corrected chi connectivity index (χ4v) is 2.72. The first-order chi connectivity index (χ1) is 14.2. The fourth-order valence-electron chi connectivity index (χ4n) is 2.40. The average Bonchev–Trinajstić information content (AvgIpc) is 2.70. The van der Waals surface area contributed by atoms with Crippen molar-refractivity contribution in [2.75, 3.05) is 11.2 Å². The van der Waals surface area contributed by atoms with Gasteiger partial charge in [0.2, 0.25) is 5.88 Å². The Morgan fingerprint density at radius 1 is 0.967 bits per heavy atom. The van der Waals surface area contributed by atoms with Gasteiger partial charge in [-0.3, -0.25) is 0 Å². The number of amides is 1. The van der Waals surface area contributed by atoms with E-state index in [1.807, 2.05) is 6.26 Å². The van der Waals surface area contributed by atoms with Gasteiger partial charge < -0.3 is 9.47 Å². The third-order valence-corrected chi connectivity index (χ3v) is 4.22. The molecule has 3 rings (SSSR count). The minimum absolute atomic E-state index is 0.259. The molecule has 0 atom stereocenters. The minimum atomic E-state index is -0.674. The maximum Gasteiger partial charge on any atom is 0.419 e. The molecule has 1 amide bonds. The van der Waals surface area contributed by atoms with Gasteiger partial charge in [0.25, 0.3) is 0 Å². The van der Waals surface area contributed by atoms with E-state index in [1.54, 1.807) is 57.4 Å². The number of aromatic nitrogens is 3. The van der Waals surface area contributed by atoms with Crippen LogP contribution in [0, 0.1) is 5.82 Å². The van der Waals surface area contributed by atoms with Crippen molar-refractivity contribution in [3.8, 4) is 11.6 Å². The summed E-state index contributed by atoms with van der Waals surface area (Å²) in [6.07, 6.45) is 5.52. The summed E-state index contributed by atoms with van der Waals surface area (Å²) in [6.45, 7) is 5.38. The number of hydrogen-bond acceptors (Lipinski definition) is 7. The minimum Gasteiger partial charge on any atom is -0.443 e. The molecule has 3 aromatic rings. The first-order valence-electron chi connectivity index (χ1n) is 9.04. The van der Waals surface area contributed by atoms with Crippen LogP contribution in [0.1, 0.15) is 20.8 Å². The predicted octanol–water partition coefficient (Wildman–Crippen LogP) is 5.60. The zero-order valence-electron chi connectivity index (χ0n) is 17.0. The van der Waals surface area contributed by atoms with Crippen molar-refractivity contribution >= 4 is 29.2 Å². The number of thioether (sulfide) groups is 1. The lowest BCUT2D eigenvalue weighted by Gasteiger charge is -2.27. The van der Waals surface area contributed by atoms with Gasteiger partial charge in [-0.1, -0.05) is 11.8 Å². The van der Waals surface area contributed by atoms with Crippen LogP contribution in [0.15, 0.2) is 60.1 Å². The second kappa shape index (κ2) is 9.08. The van der Waals surface area contributed by atoms with Gasteiger partial charge in [-0.05, 0) is 57.4 Å².